The zero-order valence-electron chi connectivity index (χ0n) is 21.1. The highest BCUT2D eigenvalue weighted by Crippen LogP contribution is 2.28. The van der Waals surface area contributed by atoms with Crippen LogP contribution in [0.5, 0.6) is 0 Å². The van der Waals surface area contributed by atoms with Crippen LogP contribution >= 0.6 is 0 Å². The van der Waals surface area contributed by atoms with Crippen molar-refractivity contribution < 1.29 is 28.5 Å². The molecule has 192 valence electrons. The molecule has 5 atom stereocenters. The quantitative estimate of drug-likeness (QED) is 0.499. The van der Waals surface area contributed by atoms with Gasteiger partial charge in [-0.2, -0.15) is 0 Å². The van der Waals surface area contributed by atoms with Gasteiger partial charge in [0.1, 0.15) is 24.6 Å². The molecule has 1 aliphatic heterocycles. The first-order valence-corrected chi connectivity index (χ1v) is 11.8. The van der Waals surface area contributed by atoms with Crippen molar-refractivity contribution in [2.24, 2.45) is 0 Å². The lowest BCUT2D eigenvalue weighted by Crippen LogP contribution is -2.60. The minimum atomic E-state index is -0.956. The summed E-state index contributed by atoms with van der Waals surface area (Å²) in [5, 5.41) is 7.27. The third-order valence-corrected chi connectivity index (χ3v) is 6.03. The third kappa shape index (κ3) is 5.73. The molecule has 0 bridgehead atoms. The summed E-state index contributed by atoms with van der Waals surface area (Å²) >= 11 is 0. The Bertz CT molecular complexity index is 1130. The van der Waals surface area contributed by atoms with Crippen molar-refractivity contribution in [2.45, 2.75) is 51.5 Å². The van der Waals surface area contributed by atoms with Gasteiger partial charge in [-0.1, -0.05) is 17.7 Å². The maximum atomic E-state index is 12.6. The summed E-state index contributed by atoms with van der Waals surface area (Å²) in [6.07, 6.45) is -1.76. The molecule has 1 aliphatic rings. The number of anilines is 1. The van der Waals surface area contributed by atoms with E-state index in [-0.39, 0.29) is 12.2 Å². The maximum Gasteiger partial charge on any atom is 0.414 e. The molecule has 2 heterocycles. The van der Waals surface area contributed by atoms with Gasteiger partial charge in [-0.25, -0.2) is 14.5 Å². The van der Waals surface area contributed by atoms with Crippen molar-refractivity contribution in [3.63, 3.8) is 0 Å². The molecule has 1 aromatic heterocycles. The van der Waals surface area contributed by atoms with E-state index in [4.69, 9.17) is 23.7 Å². The monoisotopic (exact) mass is 496 g/mol. The molecule has 36 heavy (non-hydrogen) atoms. The van der Waals surface area contributed by atoms with Gasteiger partial charge in [0.05, 0.1) is 11.8 Å². The molecule has 1 N–H and O–H groups in total. The second-order valence-corrected chi connectivity index (χ2v) is 8.49. The fourth-order valence-corrected chi connectivity index (χ4v) is 4.20. The minimum Gasteiger partial charge on any atom is -0.416 e. The van der Waals surface area contributed by atoms with Gasteiger partial charge in [0, 0.05) is 32.1 Å². The van der Waals surface area contributed by atoms with Crippen LogP contribution in [0.15, 0.2) is 54.9 Å². The van der Waals surface area contributed by atoms with E-state index in [2.05, 4.69) is 15.4 Å². The highest BCUT2D eigenvalue weighted by atomic mass is 16.7. The van der Waals surface area contributed by atoms with Crippen molar-refractivity contribution in [3.05, 3.63) is 60.4 Å². The smallest absolute Gasteiger partial charge is 0.414 e. The van der Waals surface area contributed by atoms with E-state index in [1.165, 1.54) is 12.7 Å². The topological polar surface area (TPSA) is 106 Å². The molecule has 1 fully saturated rings. The van der Waals surface area contributed by atoms with Crippen LogP contribution in [0.25, 0.3) is 17.1 Å². The van der Waals surface area contributed by atoms with Crippen molar-refractivity contribution in [1.82, 2.24) is 14.8 Å². The molecule has 2 aromatic carbocycles. The average Bonchev–Trinajstić information content (AvgIpc) is 3.36. The summed E-state index contributed by atoms with van der Waals surface area (Å²) in [7, 11) is 3.10. The van der Waals surface area contributed by atoms with Crippen LogP contribution in [-0.4, -0.2) is 72.4 Å². The normalized spacial score (nSPS) is 23.9. The van der Waals surface area contributed by atoms with Gasteiger partial charge < -0.3 is 23.7 Å². The predicted octanol–water partition coefficient (Wildman–Crippen LogP) is 3.97. The predicted molar refractivity (Wildman–Crippen MR) is 133 cm³/mol. The van der Waals surface area contributed by atoms with Crippen LogP contribution in [0.2, 0.25) is 0 Å². The molecule has 10 nitrogen and oxygen atoms in total. The third-order valence-electron chi connectivity index (χ3n) is 6.03. The number of methoxy groups -OCH3 is 2. The van der Waals surface area contributed by atoms with Gasteiger partial charge in [0.25, 0.3) is 0 Å². The standard InChI is InChI=1S/C26H32N4O6/c1-6-34-22-21(32-4)17(3)35-25(23(22)33-5)36-26(31)28-19-11-9-18(10-12-19)24-27-15-30(29-24)20-13-7-16(2)8-14-20/h7-15,17,21-23,25H,6H2,1-5H3,(H,28,31)/t17-,21-,22+,23+,25+/m0/s1. The summed E-state index contributed by atoms with van der Waals surface area (Å²) in [5.74, 6) is 0.576. The summed E-state index contributed by atoms with van der Waals surface area (Å²) in [6.45, 7) is 6.22. The lowest BCUT2D eigenvalue weighted by atomic mass is 9.99. The van der Waals surface area contributed by atoms with E-state index >= 15 is 0 Å². The molecule has 0 saturated carbocycles. The number of nitrogens with one attached hydrogen (secondary N) is 1. The molecule has 0 aliphatic carbocycles. The maximum absolute atomic E-state index is 12.6. The van der Waals surface area contributed by atoms with Crippen LogP contribution in [0.1, 0.15) is 19.4 Å². The fourth-order valence-electron chi connectivity index (χ4n) is 4.20. The number of amides is 1. The van der Waals surface area contributed by atoms with Crippen molar-refractivity contribution in [2.75, 3.05) is 26.1 Å². The Labute approximate surface area is 210 Å². The Kier molecular flexibility index (Phi) is 8.32. The van der Waals surface area contributed by atoms with E-state index in [1.807, 2.05) is 57.2 Å². The molecule has 0 unspecified atom stereocenters. The van der Waals surface area contributed by atoms with Crippen molar-refractivity contribution in [3.8, 4) is 17.1 Å². The first-order valence-electron chi connectivity index (χ1n) is 11.8. The zero-order valence-corrected chi connectivity index (χ0v) is 21.1. The largest absolute Gasteiger partial charge is 0.416 e. The molecule has 1 saturated heterocycles. The Morgan fingerprint density at radius 3 is 2.36 bits per heavy atom. The Balaban J connectivity index is 1.39. The molecule has 4 rings (SSSR count). The highest BCUT2D eigenvalue weighted by molar-refractivity contribution is 5.85. The van der Waals surface area contributed by atoms with Gasteiger partial charge in [-0.05, 0) is 57.2 Å². The molecule has 3 aromatic rings. The highest BCUT2D eigenvalue weighted by Gasteiger charge is 2.47. The number of ether oxygens (including phenoxy) is 5. The first-order chi connectivity index (χ1) is 17.4. The molecular formula is C26H32N4O6. The van der Waals surface area contributed by atoms with Gasteiger partial charge in [0.2, 0.25) is 6.29 Å². The van der Waals surface area contributed by atoms with E-state index in [0.717, 1.165) is 11.3 Å². The van der Waals surface area contributed by atoms with Crippen LogP contribution in [-0.2, 0) is 23.7 Å². The van der Waals surface area contributed by atoms with Crippen LogP contribution in [0.4, 0.5) is 10.5 Å². The fraction of sp³-hybridized carbons (Fsp3) is 0.423. The number of aromatic nitrogens is 3. The van der Waals surface area contributed by atoms with Gasteiger partial charge >= 0.3 is 6.09 Å². The van der Waals surface area contributed by atoms with E-state index in [0.29, 0.717) is 18.1 Å². The van der Waals surface area contributed by atoms with Gasteiger partial charge in [-0.15, -0.1) is 5.10 Å². The van der Waals surface area contributed by atoms with E-state index < -0.39 is 24.6 Å². The molecule has 0 spiro atoms. The number of carbonyl (C=O) groups excluding carboxylic acids is 1. The summed E-state index contributed by atoms with van der Waals surface area (Å²) in [4.78, 5) is 17.0. The lowest BCUT2D eigenvalue weighted by Gasteiger charge is -2.43. The van der Waals surface area contributed by atoms with E-state index in [9.17, 15) is 4.79 Å². The summed E-state index contributed by atoms with van der Waals surface area (Å²) in [6, 6.07) is 15.2. The second-order valence-electron chi connectivity index (χ2n) is 8.49. The summed E-state index contributed by atoms with van der Waals surface area (Å²) < 4.78 is 30.1. The molecule has 0 radical (unpaired) electrons. The first kappa shape index (κ1) is 25.8. The minimum absolute atomic E-state index is 0.353. The lowest BCUT2D eigenvalue weighted by molar-refractivity contribution is -0.292. The van der Waals surface area contributed by atoms with Crippen LogP contribution in [0, 0.1) is 6.92 Å². The number of aryl methyl sites for hydroxylation is 1. The van der Waals surface area contributed by atoms with Crippen LogP contribution < -0.4 is 5.32 Å². The SMILES string of the molecule is CCO[C@@H]1[C@@H](OC)[C@H](C)O[C@H](OC(=O)Nc2ccc(-c3ncn(-c4ccc(C)cc4)n3)cc2)[C@@H]1OC. The Morgan fingerprint density at radius 1 is 1.03 bits per heavy atom. The zero-order chi connectivity index (χ0) is 25.7. The average molecular weight is 497 g/mol. The number of benzene rings is 2. The Hall–Kier alpha value is -3.31. The van der Waals surface area contributed by atoms with Crippen molar-refractivity contribution >= 4 is 11.8 Å². The van der Waals surface area contributed by atoms with Crippen molar-refractivity contribution in [1.29, 1.82) is 0 Å². The van der Waals surface area contributed by atoms with E-state index in [1.54, 1.807) is 30.3 Å². The van der Waals surface area contributed by atoms with Crippen LogP contribution in [0.3, 0.4) is 0 Å². The molecular weight excluding hydrogens is 464 g/mol. The Morgan fingerprint density at radius 2 is 1.72 bits per heavy atom. The number of carbonyl (C=O) groups is 1. The number of hydrogen-bond donors (Lipinski definition) is 1. The van der Waals surface area contributed by atoms with Gasteiger partial charge in [0.15, 0.2) is 5.82 Å². The second kappa shape index (κ2) is 11.6. The number of rotatable bonds is 8. The number of nitrogens with zero attached hydrogens (tertiary/aromatic N) is 3. The summed E-state index contributed by atoms with van der Waals surface area (Å²) in [5.41, 5.74) is 3.47. The van der Waals surface area contributed by atoms with Gasteiger partial charge in [-0.3, -0.25) is 5.32 Å². The molecule has 1 amide bonds. The number of hydrogen-bond acceptors (Lipinski definition) is 8. The molecule has 10 heteroatoms.